The van der Waals surface area contributed by atoms with Crippen LogP contribution in [0, 0.1) is 0 Å². The lowest BCUT2D eigenvalue weighted by Gasteiger charge is -2.23. The van der Waals surface area contributed by atoms with Gasteiger partial charge in [0.2, 0.25) is 5.90 Å². The standard InChI is InChI=1S/C24H33N5O3/c1-8-18(15-21(26-6)32-14-13-31-7)27-23-20(16-30)22(28-29(23)24(2,3)4)17-9-11-19(25-5)12-10-17/h8-12,15-16,25,27H,1,13-14H2,2-7H3/b18-15+,26-21?. The first-order valence-corrected chi connectivity index (χ1v) is 10.4. The predicted octanol–water partition coefficient (Wildman–Crippen LogP) is 4.33. The summed E-state index contributed by atoms with van der Waals surface area (Å²) >= 11 is 0. The van der Waals surface area contributed by atoms with Gasteiger partial charge < -0.3 is 20.1 Å². The minimum Gasteiger partial charge on any atom is -0.475 e. The lowest BCUT2D eigenvalue weighted by Crippen LogP contribution is -2.25. The van der Waals surface area contributed by atoms with Crippen molar-refractivity contribution in [1.82, 2.24) is 9.78 Å². The Morgan fingerprint density at radius 3 is 2.44 bits per heavy atom. The smallest absolute Gasteiger partial charge is 0.210 e. The summed E-state index contributed by atoms with van der Waals surface area (Å²) in [4.78, 5) is 16.3. The van der Waals surface area contributed by atoms with Crippen LogP contribution >= 0.6 is 0 Å². The Hall–Kier alpha value is -3.39. The minimum absolute atomic E-state index is 0.371. The minimum atomic E-state index is -0.383. The van der Waals surface area contributed by atoms with E-state index >= 15 is 0 Å². The maximum absolute atomic E-state index is 12.2. The molecule has 0 saturated carbocycles. The van der Waals surface area contributed by atoms with Crippen molar-refractivity contribution in [2.75, 3.05) is 45.1 Å². The van der Waals surface area contributed by atoms with Gasteiger partial charge >= 0.3 is 0 Å². The Bertz CT molecular complexity index is 982. The molecule has 1 heterocycles. The van der Waals surface area contributed by atoms with E-state index in [2.05, 4.69) is 22.2 Å². The number of anilines is 2. The number of benzene rings is 1. The van der Waals surface area contributed by atoms with Crippen molar-refractivity contribution in [3.63, 3.8) is 0 Å². The van der Waals surface area contributed by atoms with Crippen molar-refractivity contribution in [2.45, 2.75) is 26.3 Å². The molecule has 0 saturated heterocycles. The van der Waals surface area contributed by atoms with Crippen LogP contribution in [0.3, 0.4) is 0 Å². The molecule has 2 N–H and O–H groups in total. The zero-order chi connectivity index (χ0) is 23.7. The topological polar surface area (TPSA) is 89.8 Å². The summed E-state index contributed by atoms with van der Waals surface area (Å²) < 4.78 is 12.4. The fourth-order valence-corrected chi connectivity index (χ4v) is 2.97. The summed E-state index contributed by atoms with van der Waals surface area (Å²) in [5, 5.41) is 11.2. The lowest BCUT2D eigenvalue weighted by atomic mass is 10.1. The highest BCUT2D eigenvalue weighted by Crippen LogP contribution is 2.33. The second kappa shape index (κ2) is 11.3. The number of methoxy groups -OCH3 is 1. The van der Waals surface area contributed by atoms with Gasteiger partial charge in [0.1, 0.15) is 18.1 Å². The molecule has 1 aromatic carbocycles. The number of rotatable bonds is 10. The Morgan fingerprint density at radius 1 is 1.25 bits per heavy atom. The molecular formula is C24H33N5O3. The molecule has 0 spiro atoms. The fraction of sp³-hybridized carbons (Fsp3) is 0.375. The monoisotopic (exact) mass is 439 g/mol. The SMILES string of the molecule is C=C/C(=C\C(=NC)OCCOC)Nc1c(C=O)c(-c2ccc(NC)cc2)nn1C(C)(C)C. The average Bonchev–Trinajstić information content (AvgIpc) is 3.16. The van der Waals surface area contributed by atoms with E-state index in [0.717, 1.165) is 17.5 Å². The highest BCUT2D eigenvalue weighted by Gasteiger charge is 2.26. The second-order valence-corrected chi connectivity index (χ2v) is 7.97. The van der Waals surface area contributed by atoms with Gasteiger partial charge in [0.05, 0.1) is 17.7 Å². The molecule has 0 aliphatic carbocycles. The van der Waals surface area contributed by atoms with E-state index in [0.29, 0.717) is 41.9 Å². The number of ether oxygens (including phenoxy) is 2. The van der Waals surface area contributed by atoms with Gasteiger partial charge in [-0.1, -0.05) is 18.7 Å². The summed E-state index contributed by atoms with van der Waals surface area (Å²) in [7, 11) is 5.11. The number of carbonyl (C=O) groups is 1. The summed E-state index contributed by atoms with van der Waals surface area (Å²) in [6.45, 7) is 10.8. The third kappa shape index (κ3) is 6.07. The number of nitrogens with zero attached hydrogens (tertiary/aromatic N) is 3. The van der Waals surface area contributed by atoms with E-state index in [9.17, 15) is 4.79 Å². The van der Waals surface area contributed by atoms with Crippen molar-refractivity contribution in [3.05, 3.63) is 54.3 Å². The highest BCUT2D eigenvalue weighted by atomic mass is 16.5. The number of hydrogen-bond donors (Lipinski definition) is 2. The molecule has 8 nitrogen and oxygen atoms in total. The van der Waals surface area contributed by atoms with Crippen molar-refractivity contribution in [3.8, 4) is 11.3 Å². The van der Waals surface area contributed by atoms with E-state index in [1.165, 1.54) is 0 Å². The van der Waals surface area contributed by atoms with Gasteiger partial charge in [-0.3, -0.25) is 9.79 Å². The van der Waals surface area contributed by atoms with Gasteiger partial charge in [-0.05, 0) is 39.0 Å². The Kier molecular flexibility index (Phi) is 8.78. The summed E-state index contributed by atoms with van der Waals surface area (Å²) in [6.07, 6.45) is 4.18. The predicted molar refractivity (Wildman–Crippen MR) is 131 cm³/mol. The summed E-state index contributed by atoms with van der Waals surface area (Å²) in [6, 6.07) is 7.77. The van der Waals surface area contributed by atoms with E-state index in [1.54, 1.807) is 26.3 Å². The van der Waals surface area contributed by atoms with Crippen LogP contribution < -0.4 is 10.6 Å². The molecule has 0 bridgehead atoms. The number of nitrogens with one attached hydrogen (secondary N) is 2. The van der Waals surface area contributed by atoms with Crippen LogP contribution in [-0.2, 0) is 15.0 Å². The number of aldehydes is 1. The Morgan fingerprint density at radius 2 is 1.94 bits per heavy atom. The molecule has 2 aromatic rings. The van der Waals surface area contributed by atoms with Crippen molar-refractivity contribution in [2.24, 2.45) is 4.99 Å². The highest BCUT2D eigenvalue weighted by molar-refractivity contribution is 5.94. The van der Waals surface area contributed by atoms with Crippen LogP contribution in [0.25, 0.3) is 11.3 Å². The fourth-order valence-electron chi connectivity index (χ4n) is 2.97. The van der Waals surface area contributed by atoms with Crippen LogP contribution in [0.15, 0.2) is 53.7 Å². The van der Waals surface area contributed by atoms with Gasteiger partial charge in [-0.15, -0.1) is 0 Å². The largest absolute Gasteiger partial charge is 0.475 e. The first-order valence-electron chi connectivity index (χ1n) is 10.4. The quantitative estimate of drug-likeness (QED) is 0.188. The molecule has 0 aliphatic heterocycles. The number of hydrogen-bond acceptors (Lipinski definition) is 7. The molecule has 2 rings (SSSR count). The van der Waals surface area contributed by atoms with Gasteiger partial charge in [0, 0.05) is 44.2 Å². The molecule has 0 amide bonds. The van der Waals surface area contributed by atoms with Gasteiger partial charge in [0.15, 0.2) is 6.29 Å². The number of allylic oxidation sites excluding steroid dienone is 1. The first kappa shape index (κ1) is 24.9. The van der Waals surface area contributed by atoms with Crippen molar-refractivity contribution >= 4 is 23.7 Å². The van der Waals surface area contributed by atoms with Gasteiger partial charge in [0.25, 0.3) is 0 Å². The van der Waals surface area contributed by atoms with E-state index < -0.39 is 0 Å². The molecule has 1 aromatic heterocycles. The molecule has 0 fully saturated rings. The van der Waals surface area contributed by atoms with Gasteiger partial charge in [-0.25, -0.2) is 4.68 Å². The maximum Gasteiger partial charge on any atom is 0.210 e. The molecule has 8 heteroatoms. The zero-order valence-corrected chi connectivity index (χ0v) is 19.7. The normalized spacial score (nSPS) is 12.4. The Balaban J connectivity index is 2.52. The number of aromatic nitrogens is 2. The Labute approximate surface area is 190 Å². The van der Waals surface area contributed by atoms with Gasteiger partial charge in [-0.2, -0.15) is 5.10 Å². The molecule has 0 unspecified atom stereocenters. The van der Waals surface area contributed by atoms with Crippen LogP contribution in [0.2, 0.25) is 0 Å². The van der Waals surface area contributed by atoms with E-state index in [1.807, 2.05) is 56.8 Å². The molecule has 32 heavy (non-hydrogen) atoms. The van der Waals surface area contributed by atoms with Crippen LogP contribution in [0.5, 0.6) is 0 Å². The summed E-state index contributed by atoms with van der Waals surface area (Å²) in [5.41, 5.74) is 3.12. The van der Waals surface area contributed by atoms with Crippen LogP contribution in [-0.4, -0.2) is 56.4 Å². The molecule has 172 valence electrons. The molecular weight excluding hydrogens is 406 g/mol. The van der Waals surface area contributed by atoms with Crippen molar-refractivity contribution < 1.29 is 14.3 Å². The third-order valence-electron chi connectivity index (χ3n) is 4.64. The van der Waals surface area contributed by atoms with E-state index in [4.69, 9.17) is 14.6 Å². The summed E-state index contributed by atoms with van der Waals surface area (Å²) in [5.74, 6) is 0.987. The maximum atomic E-state index is 12.2. The number of aliphatic imine (C=N–C) groups is 1. The van der Waals surface area contributed by atoms with Crippen LogP contribution in [0.1, 0.15) is 31.1 Å². The van der Waals surface area contributed by atoms with Crippen molar-refractivity contribution in [1.29, 1.82) is 0 Å². The molecule has 0 atom stereocenters. The third-order valence-corrected chi connectivity index (χ3v) is 4.64. The molecule has 0 radical (unpaired) electrons. The molecule has 0 aliphatic rings. The lowest BCUT2D eigenvalue weighted by molar-refractivity contribution is 0.112. The second-order valence-electron chi connectivity index (χ2n) is 7.97. The van der Waals surface area contributed by atoms with E-state index in [-0.39, 0.29) is 5.54 Å². The number of carbonyl (C=O) groups excluding carboxylic acids is 1. The first-order chi connectivity index (χ1) is 15.3. The average molecular weight is 440 g/mol. The van der Waals surface area contributed by atoms with Crippen LogP contribution in [0.4, 0.5) is 11.5 Å². The zero-order valence-electron chi connectivity index (χ0n) is 19.7.